The average Bonchev–Trinajstić information content (AvgIpc) is 2.13. The van der Waals surface area contributed by atoms with E-state index in [9.17, 15) is 8.78 Å². The molecule has 0 aromatic carbocycles. The molecule has 50 valence electrons. The summed E-state index contributed by atoms with van der Waals surface area (Å²) in [6.07, 6.45) is 0. The molecule has 0 aliphatic carbocycles. The van der Waals surface area contributed by atoms with E-state index in [-0.39, 0.29) is 5.13 Å². The molecule has 1 aromatic heterocycles. The van der Waals surface area contributed by atoms with Gasteiger partial charge in [-0.05, 0) is 0 Å². The minimum atomic E-state index is -2.46. The lowest BCUT2D eigenvalue weighted by atomic mass is 11.3. The Balaban J connectivity index is 2.94. The van der Waals surface area contributed by atoms with Crippen molar-refractivity contribution >= 4 is 15.6 Å². The van der Waals surface area contributed by atoms with Crippen molar-refractivity contribution in [3.05, 3.63) is 5.51 Å². The van der Waals surface area contributed by atoms with E-state index in [0.29, 0.717) is 0 Å². The summed E-state index contributed by atoms with van der Waals surface area (Å²) in [4.78, 5) is 0. The monoisotopic (exact) mass is 152 g/mol. The minimum absolute atomic E-state index is 0.0787. The van der Waals surface area contributed by atoms with Gasteiger partial charge in [-0.2, -0.15) is 8.78 Å². The summed E-state index contributed by atoms with van der Waals surface area (Å²) < 4.78 is 23.5. The van der Waals surface area contributed by atoms with Crippen molar-refractivity contribution in [2.75, 3.05) is 5.73 Å². The van der Waals surface area contributed by atoms with Crippen LogP contribution in [-0.2, 0) is 0 Å². The molecule has 0 spiro atoms. The Hall–Kier alpha value is -0.780. The quantitative estimate of drug-likeness (QED) is 0.615. The van der Waals surface area contributed by atoms with E-state index in [1.165, 1.54) is 0 Å². The zero-order valence-corrected chi connectivity index (χ0v) is 5.11. The first-order valence-corrected chi connectivity index (χ1v) is 3.43. The van der Waals surface area contributed by atoms with Crippen LogP contribution in [0.5, 0.6) is 0 Å². The molecule has 0 radical (unpaired) electrons. The van der Waals surface area contributed by atoms with Crippen LogP contribution in [0.3, 0.4) is 0 Å². The molecule has 1 atom stereocenters. The molecule has 3 nitrogen and oxygen atoms in total. The van der Waals surface area contributed by atoms with Gasteiger partial charge in [0.05, 0.1) is 0 Å². The van der Waals surface area contributed by atoms with Gasteiger partial charge < -0.3 is 5.73 Å². The van der Waals surface area contributed by atoms with Gasteiger partial charge in [0.1, 0.15) is 10.5 Å². The third kappa shape index (κ3) is 1.13. The highest BCUT2D eigenvalue weighted by molar-refractivity contribution is 7.32. The van der Waals surface area contributed by atoms with E-state index in [1.807, 2.05) is 0 Å². The van der Waals surface area contributed by atoms with E-state index in [2.05, 4.69) is 10.2 Å². The van der Waals surface area contributed by atoms with E-state index < -0.39 is 16.2 Å². The summed E-state index contributed by atoms with van der Waals surface area (Å²) in [5.74, 6) is -2.46. The van der Waals surface area contributed by atoms with Crippen molar-refractivity contribution in [1.29, 1.82) is 0 Å². The predicted octanol–water partition coefficient (Wildman–Crippen LogP) is 1.20. The molecule has 2 N–H and O–H groups in total. The number of hydrogen-bond donors (Lipinski definition) is 1. The average molecular weight is 152 g/mol. The summed E-state index contributed by atoms with van der Waals surface area (Å²) >= 11 is 0. The molecule has 1 aromatic rings. The summed E-state index contributed by atoms with van der Waals surface area (Å²) in [5, 5.41) is 6.39. The highest BCUT2D eigenvalue weighted by Crippen LogP contribution is 2.36. The Labute approximate surface area is 52.5 Å². The standard InChI is InChI=1S/C3H4F2N3S/c4-2(5)9-1-7-8-3(9)6/h1-2H,(H2,6,8)/q+1. The van der Waals surface area contributed by atoms with E-state index in [1.54, 1.807) is 0 Å². The van der Waals surface area contributed by atoms with Gasteiger partial charge in [-0.25, -0.2) is 0 Å². The molecule has 0 fully saturated rings. The van der Waals surface area contributed by atoms with Gasteiger partial charge in [0.25, 0.3) is 5.51 Å². The second kappa shape index (κ2) is 2.22. The molecule has 0 amide bonds. The van der Waals surface area contributed by atoms with Gasteiger partial charge >= 0.3 is 10.9 Å². The Morgan fingerprint density at radius 3 is 2.56 bits per heavy atom. The number of anilines is 1. The first-order valence-electron chi connectivity index (χ1n) is 2.08. The minimum Gasteiger partial charge on any atom is -0.337 e. The first kappa shape index (κ1) is 6.34. The van der Waals surface area contributed by atoms with Crippen LogP contribution in [0.15, 0.2) is 5.51 Å². The SMILES string of the molecule is Nc1nnc[s+]1C(F)F. The van der Waals surface area contributed by atoms with Gasteiger partial charge in [0.2, 0.25) is 0 Å². The second-order valence-electron chi connectivity index (χ2n) is 1.29. The molecule has 1 unspecified atom stereocenters. The van der Waals surface area contributed by atoms with Crippen molar-refractivity contribution in [3.63, 3.8) is 0 Å². The van der Waals surface area contributed by atoms with Crippen LogP contribution < -0.4 is 5.73 Å². The maximum Gasteiger partial charge on any atom is 0.425 e. The summed E-state index contributed by atoms with van der Waals surface area (Å²) in [6, 6.07) is 0. The van der Waals surface area contributed by atoms with Crippen molar-refractivity contribution in [1.82, 2.24) is 10.2 Å². The van der Waals surface area contributed by atoms with E-state index >= 15 is 0 Å². The molecule has 1 rings (SSSR count). The number of rotatable bonds is 1. The topological polar surface area (TPSA) is 51.8 Å². The molecule has 0 aliphatic heterocycles. The van der Waals surface area contributed by atoms with Gasteiger partial charge in [0.15, 0.2) is 0 Å². The van der Waals surface area contributed by atoms with Crippen LogP contribution in [0.4, 0.5) is 13.9 Å². The highest BCUT2D eigenvalue weighted by Gasteiger charge is 2.23. The largest absolute Gasteiger partial charge is 0.425 e. The fraction of sp³-hybridized carbons (Fsp3) is 0.333. The Morgan fingerprint density at radius 1 is 1.67 bits per heavy atom. The number of aromatic nitrogens is 2. The molecule has 0 saturated carbocycles. The lowest BCUT2D eigenvalue weighted by Gasteiger charge is -1.80. The van der Waals surface area contributed by atoms with Gasteiger partial charge in [0, 0.05) is 0 Å². The number of nitrogen functional groups attached to an aromatic ring is 1. The molecular weight excluding hydrogens is 148 g/mol. The lowest BCUT2D eigenvalue weighted by molar-refractivity contribution is 0.205. The Morgan fingerprint density at radius 2 is 2.33 bits per heavy atom. The first-order chi connectivity index (χ1) is 4.22. The fourth-order valence-corrected chi connectivity index (χ4v) is 1.04. The lowest BCUT2D eigenvalue weighted by Crippen LogP contribution is -1.84. The van der Waals surface area contributed by atoms with Crippen LogP contribution >= 0.6 is 10.5 Å². The van der Waals surface area contributed by atoms with Crippen molar-refractivity contribution < 1.29 is 8.78 Å². The Bertz CT molecular complexity index is 199. The van der Waals surface area contributed by atoms with Crippen molar-refractivity contribution in [2.45, 2.75) is 5.76 Å². The van der Waals surface area contributed by atoms with E-state index in [0.717, 1.165) is 5.51 Å². The van der Waals surface area contributed by atoms with Crippen molar-refractivity contribution in [2.24, 2.45) is 0 Å². The van der Waals surface area contributed by atoms with Crippen LogP contribution in [0.2, 0.25) is 0 Å². The smallest absolute Gasteiger partial charge is 0.337 e. The summed E-state index contributed by atoms with van der Waals surface area (Å²) in [7, 11) is -1.32. The summed E-state index contributed by atoms with van der Waals surface area (Å²) in [5.41, 5.74) is 6.11. The maximum atomic E-state index is 11.8. The third-order valence-electron chi connectivity index (χ3n) is 0.750. The van der Waals surface area contributed by atoms with E-state index in [4.69, 9.17) is 5.73 Å². The highest BCUT2D eigenvalue weighted by atomic mass is 32.2. The number of hydrogen-bond acceptors (Lipinski definition) is 3. The molecule has 0 bridgehead atoms. The third-order valence-corrected chi connectivity index (χ3v) is 2.02. The van der Waals surface area contributed by atoms with Gasteiger partial charge in [-0.3, -0.25) is 0 Å². The number of nitrogens with zero attached hydrogens (tertiary/aromatic N) is 2. The molecule has 6 heteroatoms. The molecular formula is C3H4F2N3S+. The van der Waals surface area contributed by atoms with Crippen LogP contribution in [0.25, 0.3) is 0 Å². The summed E-state index contributed by atoms with van der Waals surface area (Å²) in [6.45, 7) is 0. The molecule has 0 aliphatic rings. The normalized spacial score (nSPS) is 12.6. The number of nitrogens with two attached hydrogens (primary N) is 1. The zero-order valence-electron chi connectivity index (χ0n) is 4.29. The van der Waals surface area contributed by atoms with Crippen molar-refractivity contribution in [3.8, 4) is 0 Å². The number of alkyl halides is 2. The maximum absolute atomic E-state index is 11.8. The van der Waals surface area contributed by atoms with Crippen LogP contribution in [0, 0.1) is 0 Å². The second-order valence-corrected chi connectivity index (χ2v) is 3.02. The van der Waals surface area contributed by atoms with Gasteiger partial charge in [-0.15, -0.1) is 0 Å². The predicted molar refractivity (Wildman–Crippen MR) is 30.2 cm³/mol. The number of halogens is 2. The zero-order chi connectivity index (χ0) is 6.85. The van der Waals surface area contributed by atoms with Crippen LogP contribution in [0.1, 0.15) is 5.76 Å². The molecule has 1 heterocycles. The Kier molecular flexibility index (Phi) is 1.56. The molecule has 9 heavy (non-hydrogen) atoms. The fourth-order valence-electron chi connectivity index (χ4n) is 0.370. The molecule has 0 saturated heterocycles. The van der Waals surface area contributed by atoms with Crippen LogP contribution in [-0.4, -0.2) is 10.2 Å². The van der Waals surface area contributed by atoms with Gasteiger partial charge in [-0.1, -0.05) is 10.2 Å².